The molecule has 0 fully saturated rings. The van der Waals surface area contributed by atoms with Crippen molar-refractivity contribution in [3.05, 3.63) is 76.8 Å². The molecule has 0 aliphatic carbocycles. The number of anilines is 2. The monoisotopic (exact) mass is 553 g/mol. The maximum Gasteiger partial charge on any atom is 0.262 e. The van der Waals surface area contributed by atoms with Crippen LogP contribution in [0, 0.1) is 6.92 Å². The highest BCUT2D eigenvalue weighted by Gasteiger charge is 2.15. The Bertz CT molecular complexity index is 1370. The minimum Gasteiger partial charge on any atom is -0.483 e. The van der Waals surface area contributed by atoms with Gasteiger partial charge in [-0.05, 0) is 89.1 Å². The number of benzene rings is 3. The molecule has 0 bridgehead atoms. The van der Waals surface area contributed by atoms with E-state index in [2.05, 4.69) is 26.0 Å². The van der Waals surface area contributed by atoms with Crippen molar-refractivity contribution in [3.8, 4) is 5.75 Å². The molecule has 0 aliphatic rings. The number of carbonyl (C=O) groups is 1. The van der Waals surface area contributed by atoms with Gasteiger partial charge in [-0.1, -0.05) is 6.07 Å². The molecule has 3 aromatic rings. The Labute approximate surface area is 200 Å². The number of nitrogens with two attached hydrogens (primary N) is 1. The van der Waals surface area contributed by atoms with E-state index in [1.54, 1.807) is 6.07 Å². The molecule has 0 heterocycles. The van der Waals surface area contributed by atoms with Crippen LogP contribution in [-0.4, -0.2) is 29.3 Å². The fourth-order valence-corrected chi connectivity index (χ4v) is 4.89. The quantitative estimate of drug-likeness (QED) is 0.390. The molecule has 174 valence electrons. The van der Waals surface area contributed by atoms with Gasteiger partial charge in [0, 0.05) is 11.4 Å². The maximum absolute atomic E-state index is 12.6. The second kappa shape index (κ2) is 9.91. The first-order valence-electron chi connectivity index (χ1n) is 9.38. The number of carbonyl (C=O) groups excluding carboxylic acids is 1. The van der Waals surface area contributed by atoms with Crippen molar-refractivity contribution in [2.45, 2.75) is 16.7 Å². The lowest BCUT2D eigenvalue weighted by molar-refractivity contribution is -0.118. The maximum atomic E-state index is 12.6. The van der Waals surface area contributed by atoms with E-state index < -0.39 is 26.0 Å². The van der Waals surface area contributed by atoms with Crippen LogP contribution >= 0.6 is 15.9 Å². The zero-order chi connectivity index (χ0) is 24.2. The summed E-state index contributed by atoms with van der Waals surface area (Å²) < 4.78 is 56.3. The first-order chi connectivity index (χ1) is 15.4. The minimum absolute atomic E-state index is 0.0455. The fourth-order valence-electron chi connectivity index (χ4n) is 2.71. The highest BCUT2D eigenvalue weighted by Crippen LogP contribution is 2.26. The molecule has 0 unspecified atom stereocenters. The molecule has 12 heteroatoms. The number of hydrogen-bond acceptors (Lipinski definition) is 6. The van der Waals surface area contributed by atoms with Gasteiger partial charge >= 0.3 is 0 Å². The average Bonchev–Trinajstić information content (AvgIpc) is 2.73. The van der Waals surface area contributed by atoms with Crippen molar-refractivity contribution < 1.29 is 26.4 Å². The molecule has 1 amide bonds. The Hall–Kier alpha value is -2.93. The van der Waals surface area contributed by atoms with Crippen LogP contribution in [0.5, 0.6) is 5.75 Å². The molecule has 33 heavy (non-hydrogen) atoms. The smallest absolute Gasteiger partial charge is 0.262 e. The number of amides is 1. The third-order valence-electron chi connectivity index (χ3n) is 4.33. The van der Waals surface area contributed by atoms with Crippen molar-refractivity contribution in [2.75, 3.05) is 16.6 Å². The van der Waals surface area contributed by atoms with Crippen LogP contribution in [0.3, 0.4) is 0 Å². The minimum atomic E-state index is -3.93. The summed E-state index contributed by atoms with van der Waals surface area (Å²) in [5.74, 6) is 0.117. The number of sulfonamides is 2. The Morgan fingerprint density at radius 1 is 0.909 bits per heavy atom. The van der Waals surface area contributed by atoms with Crippen LogP contribution < -0.4 is 19.9 Å². The third-order valence-corrected chi connectivity index (χ3v) is 7.28. The first kappa shape index (κ1) is 24.7. The lowest BCUT2D eigenvalue weighted by Crippen LogP contribution is -2.20. The van der Waals surface area contributed by atoms with E-state index in [0.29, 0.717) is 11.4 Å². The van der Waals surface area contributed by atoms with Crippen LogP contribution in [0.25, 0.3) is 0 Å². The summed E-state index contributed by atoms with van der Waals surface area (Å²) in [5, 5.41) is 7.66. The third kappa shape index (κ3) is 6.78. The molecule has 0 atom stereocenters. The summed E-state index contributed by atoms with van der Waals surface area (Å²) in [4.78, 5) is 12.0. The van der Waals surface area contributed by atoms with E-state index in [1.807, 2.05) is 19.1 Å². The Morgan fingerprint density at radius 2 is 1.48 bits per heavy atom. The van der Waals surface area contributed by atoms with Crippen molar-refractivity contribution in [3.63, 3.8) is 0 Å². The molecule has 0 radical (unpaired) electrons. The van der Waals surface area contributed by atoms with Crippen LogP contribution in [-0.2, 0) is 24.8 Å². The predicted octanol–water partition coefficient (Wildman–Crippen LogP) is 3.22. The van der Waals surface area contributed by atoms with Crippen molar-refractivity contribution >= 4 is 53.3 Å². The van der Waals surface area contributed by atoms with Crippen molar-refractivity contribution in [2.24, 2.45) is 5.14 Å². The molecule has 9 nitrogen and oxygen atoms in total. The van der Waals surface area contributed by atoms with E-state index >= 15 is 0 Å². The highest BCUT2D eigenvalue weighted by molar-refractivity contribution is 9.10. The Morgan fingerprint density at radius 3 is 2.06 bits per heavy atom. The molecule has 4 N–H and O–H groups in total. The topological polar surface area (TPSA) is 145 Å². The van der Waals surface area contributed by atoms with Gasteiger partial charge in [-0.15, -0.1) is 0 Å². The molecule has 0 aliphatic heterocycles. The number of aryl methyl sites for hydroxylation is 1. The number of ether oxygens (including phenoxy) is 1. The summed E-state index contributed by atoms with van der Waals surface area (Å²) in [7, 11) is -7.81. The summed E-state index contributed by atoms with van der Waals surface area (Å²) in [5.41, 5.74) is 1.60. The van der Waals surface area contributed by atoms with E-state index in [1.165, 1.54) is 48.5 Å². The molecule has 3 rings (SSSR count). The van der Waals surface area contributed by atoms with Gasteiger partial charge in [0.25, 0.3) is 15.9 Å². The predicted molar refractivity (Wildman–Crippen MR) is 128 cm³/mol. The normalized spacial score (nSPS) is 11.6. The summed E-state index contributed by atoms with van der Waals surface area (Å²) in [6.45, 7) is 1.71. The van der Waals surface area contributed by atoms with Gasteiger partial charge < -0.3 is 10.1 Å². The van der Waals surface area contributed by atoms with Gasteiger partial charge in [0.1, 0.15) is 5.75 Å². The molecule has 0 saturated heterocycles. The zero-order valence-corrected chi connectivity index (χ0v) is 20.5. The lowest BCUT2D eigenvalue weighted by atomic mass is 10.2. The molecule has 0 saturated carbocycles. The first-order valence-corrected chi connectivity index (χ1v) is 13.2. The van der Waals surface area contributed by atoms with Gasteiger partial charge in [-0.3, -0.25) is 9.52 Å². The van der Waals surface area contributed by atoms with E-state index in [-0.39, 0.29) is 22.1 Å². The van der Waals surface area contributed by atoms with Gasteiger partial charge in [-0.2, -0.15) is 0 Å². The number of nitrogens with one attached hydrogen (secondary N) is 2. The van der Waals surface area contributed by atoms with E-state index in [0.717, 1.165) is 10.0 Å². The second-order valence-electron chi connectivity index (χ2n) is 6.97. The summed E-state index contributed by atoms with van der Waals surface area (Å²) in [6.07, 6.45) is 0. The number of primary sulfonamides is 1. The SMILES string of the molecule is Cc1ccc(OCC(=O)Nc2ccc(S(=O)(=O)Nc3ccc(S(N)(=O)=O)cc3)cc2)c(Br)c1. The Balaban J connectivity index is 1.60. The molecular formula is C21H20BrN3O6S2. The standard InChI is InChI=1S/C21H20BrN3O6S2/c1-14-2-11-20(19(22)12-14)31-13-21(26)24-15-3-9-18(10-4-15)33(29,30)25-16-5-7-17(8-6-16)32(23,27)28/h2-12,25H,13H2,1H3,(H,24,26)(H2,23,27,28). The number of hydrogen-bond donors (Lipinski definition) is 3. The largest absolute Gasteiger partial charge is 0.483 e. The van der Waals surface area contributed by atoms with Crippen molar-refractivity contribution in [1.82, 2.24) is 0 Å². The van der Waals surface area contributed by atoms with Crippen molar-refractivity contribution in [1.29, 1.82) is 0 Å². The molecule has 0 spiro atoms. The second-order valence-corrected chi connectivity index (χ2v) is 11.1. The van der Waals surface area contributed by atoms with Crippen LogP contribution in [0.4, 0.5) is 11.4 Å². The van der Waals surface area contributed by atoms with E-state index in [9.17, 15) is 21.6 Å². The zero-order valence-electron chi connectivity index (χ0n) is 17.3. The molecule has 3 aromatic carbocycles. The van der Waals surface area contributed by atoms with Gasteiger partial charge in [-0.25, -0.2) is 22.0 Å². The number of rotatable bonds is 8. The molecule has 0 aromatic heterocycles. The lowest BCUT2D eigenvalue weighted by Gasteiger charge is -2.11. The number of halogens is 1. The Kier molecular flexibility index (Phi) is 7.42. The summed E-state index contributed by atoms with van der Waals surface area (Å²) >= 11 is 3.37. The van der Waals surface area contributed by atoms with Gasteiger partial charge in [0.2, 0.25) is 10.0 Å². The highest BCUT2D eigenvalue weighted by atomic mass is 79.9. The van der Waals surface area contributed by atoms with Gasteiger partial charge in [0.15, 0.2) is 6.61 Å². The van der Waals surface area contributed by atoms with Gasteiger partial charge in [0.05, 0.1) is 14.3 Å². The van der Waals surface area contributed by atoms with Crippen LogP contribution in [0.1, 0.15) is 5.56 Å². The van der Waals surface area contributed by atoms with Crippen LogP contribution in [0.15, 0.2) is 81.0 Å². The average molecular weight is 554 g/mol. The fraction of sp³-hybridized carbons (Fsp3) is 0.0952. The summed E-state index contributed by atoms with van der Waals surface area (Å²) in [6, 6.07) is 16.0. The van der Waals surface area contributed by atoms with E-state index in [4.69, 9.17) is 9.88 Å². The van der Waals surface area contributed by atoms with Crippen LogP contribution in [0.2, 0.25) is 0 Å². The molecular weight excluding hydrogens is 534 g/mol.